The van der Waals surface area contributed by atoms with E-state index in [0.29, 0.717) is 18.1 Å². The van der Waals surface area contributed by atoms with Crippen LogP contribution in [0, 0.1) is 0 Å². The van der Waals surface area contributed by atoms with E-state index < -0.39 is 0 Å². The van der Waals surface area contributed by atoms with Crippen molar-refractivity contribution in [3.63, 3.8) is 0 Å². The topological polar surface area (TPSA) is 61.3 Å². The molecule has 12 heavy (non-hydrogen) atoms. The van der Waals surface area contributed by atoms with Crippen molar-refractivity contribution in [1.82, 2.24) is 0 Å². The smallest absolute Gasteiger partial charge is 0.142 e. The molecule has 0 aliphatic carbocycles. The molecule has 0 rings (SSSR count). The minimum absolute atomic E-state index is 0.606. The molecule has 0 saturated heterocycles. The zero-order chi connectivity index (χ0) is 9.72. The van der Waals surface area contributed by atoms with Gasteiger partial charge >= 0.3 is 0 Å². The summed E-state index contributed by atoms with van der Waals surface area (Å²) in [5.74, 6) is 0.706. The van der Waals surface area contributed by atoms with Crippen molar-refractivity contribution in [3.8, 4) is 0 Å². The van der Waals surface area contributed by atoms with Crippen LogP contribution in [0.4, 0.5) is 0 Å². The Morgan fingerprint density at radius 1 is 1.08 bits per heavy atom. The fourth-order valence-corrected chi connectivity index (χ4v) is 0.841. The Morgan fingerprint density at radius 3 is 1.83 bits per heavy atom. The van der Waals surface area contributed by atoms with Crippen LogP contribution >= 0.6 is 0 Å². The lowest BCUT2D eigenvalue weighted by atomic mass is 10.2. The third-order valence-electron chi connectivity index (χ3n) is 1.58. The van der Waals surface area contributed by atoms with E-state index in [9.17, 15) is 0 Å². The summed E-state index contributed by atoms with van der Waals surface area (Å²) >= 11 is 0. The largest absolute Gasteiger partial charge is 0.492 e. The standard InChI is InChI=1S/C9H18N2O/c1-5-12-9(8(4)11)6(2)7(3)10/h5,10-11H2,1-4H3/b7-6-,9-8+. The first-order valence-electron chi connectivity index (χ1n) is 4.03. The highest BCUT2D eigenvalue weighted by Crippen LogP contribution is 2.14. The van der Waals surface area contributed by atoms with Crippen LogP contribution in [-0.2, 0) is 4.74 Å². The van der Waals surface area contributed by atoms with Crippen molar-refractivity contribution in [2.24, 2.45) is 11.5 Å². The second kappa shape index (κ2) is 4.70. The third-order valence-corrected chi connectivity index (χ3v) is 1.58. The highest BCUT2D eigenvalue weighted by molar-refractivity contribution is 5.29. The maximum atomic E-state index is 5.63. The van der Waals surface area contributed by atoms with E-state index >= 15 is 0 Å². The zero-order valence-electron chi connectivity index (χ0n) is 8.27. The highest BCUT2D eigenvalue weighted by atomic mass is 16.5. The van der Waals surface area contributed by atoms with Crippen molar-refractivity contribution >= 4 is 0 Å². The summed E-state index contributed by atoms with van der Waals surface area (Å²) in [5, 5.41) is 0. The molecular weight excluding hydrogens is 152 g/mol. The lowest BCUT2D eigenvalue weighted by Crippen LogP contribution is -2.07. The van der Waals surface area contributed by atoms with Gasteiger partial charge in [-0.2, -0.15) is 0 Å². The number of hydrogen-bond acceptors (Lipinski definition) is 3. The predicted octanol–water partition coefficient (Wildman–Crippen LogP) is 1.47. The van der Waals surface area contributed by atoms with Crippen molar-refractivity contribution < 1.29 is 4.74 Å². The molecule has 0 atom stereocenters. The predicted molar refractivity (Wildman–Crippen MR) is 51.1 cm³/mol. The summed E-state index contributed by atoms with van der Waals surface area (Å²) < 4.78 is 5.34. The molecule has 70 valence electrons. The summed E-state index contributed by atoms with van der Waals surface area (Å²) in [7, 11) is 0. The minimum Gasteiger partial charge on any atom is -0.492 e. The molecule has 0 amide bonds. The normalized spacial score (nSPS) is 15.0. The Labute approximate surface area is 74.1 Å². The second-order valence-electron chi connectivity index (χ2n) is 2.75. The van der Waals surface area contributed by atoms with Gasteiger partial charge < -0.3 is 16.2 Å². The first kappa shape index (κ1) is 10.9. The van der Waals surface area contributed by atoms with Crippen LogP contribution in [0.1, 0.15) is 27.7 Å². The average Bonchev–Trinajstić information content (AvgIpc) is 1.98. The summed E-state index contributed by atoms with van der Waals surface area (Å²) in [6, 6.07) is 0. The van der Waals surface area contributed by atoms with Crippen LogP contribution in [0.2, 0.25) is 0 Å². The Hall–Kier alpha value is -1.12. The molecule has 0 spiro atoms. The SMILES string of the molecule is CCOC(/C(C)=C(/C)N)=C(\C)N. The van der Waals surface area contributed by atoms with Gasteiger partial charge in [0.25, 0.3) is 0 Å². The second-order valence-corrected chi connectivity index (χ2v) is 2.75. The van der Waals surface area contributed by atoms with Crippen LogP contribution in [0.3, 0.4) is 0 Å². The van der Waals surface area contributed by atoms with Gasteiger partial charge in [0.1, 0.15) is 5.76 Å². The first-order chi connectivity index (χ1) is 5.50. The van der Waals surface area contributed by atoms with E-state index in [1.807, 2.05) is 20.8 Å². The third kappa shape index (κ3) is 2.86. The molecule has 0 fully saturated rings. The molecule has 0 aromatic rings. The minimum atomic E-state index is 0.606. The molecule has 0 bridgehead atoms. The Morgan fingerprint density at radius 2 is 1.58 bits per heavy atom. The maximum absolute atomic E-state index is 5.63. The van der Waals surface area contributed by atoms with Crippen LogP contribution < -0.4 is 11.5 Å². The van der Waals surface area contributed by atoms with E-state index in [-0.39, 0.29) is 0 Å². The van der Waals surface area contributed by atoms with Crippen LogP contribution in [0.25, 0.3) is 0 Å². The van der Waals surface area contributed by atoms with Crippen LogP contribution in [0.5, 0.6) is 0 Å². The van der Waals surface area contributed by atoms with E-state index in [1.165, 1.54) is 0 Å². The number of rotatable bonds is 3. The molecule has 0 aliphatic rings. The molecule has 3 heteroatoms. The Balaban J connectivity index is 4.79. The van der Waals surface area contributed by atoms with E-state index in [2.05, 4.69) is 0 Å². The molecule has 0 radical (unpaired) electrons. The summed E-state index contributed by atoms with van der Waals surface area (Å²) in [4.78, 5) is 0. The quantitative estimate of drug-likeness (QED) is 0.498. The van der Waals surface area contributed by atoms with Crippen molar-refractivity contribution in [2.75, 3.05) is 6.61 Å². The lowest BCUT2D eigenvalue weighted by molar-refractivity contribution is 0.233. The Bertz CT molecular complexity index is 209. The summed E-state index contributed by atoms with van der Waals surface area (Å²) in [6.07, 6.45) is 0. The average molecular weight is 170 g/mol. The number of hydrogen-bond donors (Lipinski definition) is 2. The van der Waals surface area contributed by atoms with Gasteiger partial charge in [-0.25, -0.2) is 0 Å². The monoisotopic (exact) mass is 170 g/mol. The first-order valence-corrected chi connectivity index (χ1v) is 4.03. The molecule has 4 N–H and O–H groups in total. The van der Waals surface area contributed by atoms with Gasteiger partial charge in [-0.15, -0.1) is 0 Å². The zero-order valence-corrected chi connectivity index (χ0v) is 8.27. The number of allylic oxidation sites excluding steroid dienone is 3. The summed E-state index contributed by atoms with van der Waals surface area (Å²) in [6.45, 7) is 8.06. The molecule has 0 aromatic heterocycles. The van der Waals surface area contributed by atoms with Gasteiger partial charge in [-0.3, -0.25) is 0 Å². The van der Waals surface area contributed by atoms with E-state index in [1.54, 1.807) is 6.92 Å². The van der Waals surface area contributed by atoms with E-state index in [4.69, 9.17) is 16.2 Å². The van der Waals surface area contributed by atoms with Gasteiger partial charge in [0, 0.05) is 17.0 Å². The highest BCUT2D eigenvalue weighted by Gasteiger charge is 2.05. The van der Waals surface area contributed by atoms with Crippen molar-refractivity contribution in [1.29, 1.82) is 0 Å². The van der Waals surface area contributed by atoms with Gasteiger partial charge in [0.05, 0.1) is 6.61 Å². The Kier molecular flexibility index (Phi) is 4.26. The van der Waals surface area contributed by atoms with Crippen LogP contribution in [0.15, 0.2) is 22.7 Å². The van der Waals surface area contributed by atoms with Crippen molar-refractivity contribution in [3.05, 3.63) is 22.7 Å². The molecule has 3 nitrogen and oxygen atoms in total. The van der Waals surface area contributed by atoms with Gasteiger partial charge in [0.15, 0.2) is 0 Å². The lowest BCUT2D eigenvalue weighted by Gasteiger charge is -2.12. The fourth-order valence-electron chi connectivity index (χ4n) is 0.841. The van der Waals surface area contributed by atoms with Gasteiger partial charge in [0.2, 0.25) is 0 Å². The number of ether oxygens (including phenoxy) is 1. The molecule has 0 heterocycles. The molecule has 0 aliphatic heterocycles. The van der Waals surface area contributed by atoms with Gasteiger partial charge in [-0.1, -0.05) is 0 Å². The molecular formula is C9H18N2O. The van der Waals surface area contributed by atoms with Crippen LogP contribution in [-0.4, -0.2) is 6.61 Å². The fraction of sp³-hybridized carbons (Fsp3) is 0.556. The van der Waals surface area contributed by atoms with Crippen molar-refractivity contribution in [2.45, 2.75) is 27.7 Å². The molecule has 0 unspecified atom stereocenters. The van der Waals surface area contributed by atoms with Gasteiger partial charge in [-0.05, 0) is 27.7 Å². The molecule has 0 aromatic carbocycles. The maximum Gasteiger partial charge on any atom is 0.142 e. The molecule has 0 saturated carbocycles. The summed E-state index contributed by atoms with van der Waals surface area (Å²) in [5.41, 5.74) is 13.6. The number of nitrogens with two attached hydrogens (primary N) is 2. The van der Waals surface area contributed by atoms with E-state index in [0.717, 1.165) is 11.3 Å².